The number of carbonyl (C=O) groups excluding carboxylic acids is 2. The highest BCUT2D eigenvalue weighted by molar-refractivity contribution is 8.01. The molecule has 0 radical (unpaired) electrons. The zero-order valence-electron chi connectivity index (χ0n) is 15.4. The Hall–Kier alpha value is -1.93. The number of ketones is 1. The molecule has 6 nitrogen and oxygen atoms in total. The van der Waals surface area contributed by atoms with Crippen molar-refractivity contribution in [2.24, 2.45) is 5.92 Å². The third-order valence-corrected chi connectivity index (χ3v) is 5.56. The number of anilines is 1. The van der Waals surface area contributed by atoms with Gasteiger partial charge in [0.15, 0.2) is 10.1 Å². The van der Waals surface area contributed by atoms with Crippen molar-refractivity contribution in [3.63, 3.8) is 0 Å². The minimum atomic E-state index is -0.0795. The van der Waals surface area contributed by atoms with Gasteiger partial charge in [-0.15, -0.1) is 10.2 Å². The minimum absolute atomic E-state index is 0.0422. The number of thioether (sulfide) groups is 1. The second-order valence-electron chi connectivity index (χ2n) is 6.40. The van der Waals surface area contributed by atoms with E-state index < -0.39 is 0 Å². The molecule has 8 heteroatoms. The first-order valence-corrected chi connectivity index (χ1v) is 10.3. The third kappa shape index (κ3) is 6.42. The fourth-order valence-electron chi connectivity index (χ4n) is 2.19. The lowest BCUT2D eigenvalue weighted by molar-refractivity contribution is -0.119. The molecule has 0 aliphatic rings. The number of nitrogens with one attached hydrogen (secondary N) is 2. The molecular weight excluding hydrogens is 368 g/mol. The zero-order chi connectivity index (χ0) is 19.1. The van der Waals surface area contributed by atoms with Crippen molar-refractivity contribution in [1.29, 1.82) is 0 Å². The molecule has 0 saturated carbocycles. The normalized spacial score (nSPS) is 12.0. The smallest absolute Gasteiger partial charge is 0.217 e. The largest absolute Gasteiger partial charge is 0.360 e. The predicted octanol–water partition coefficient (Wildman–Crippen LogP) is 3.78. The lowest BCUT2D eigenvalue weighted by Crippen LogP contribution is -2.23. The van der Waals surface area contributed by atoms with Crippen LogP contribution in [0, 0.1) is 5.92 Å². The van der Waals surface area contributed by atoms with E-state index in [0.29, 0.717) is 17.2 Å². The molecule has 0 fully saturated rings. The fraction of sp³-hybridized carbons (Fsp3) is 0.444. The second kappa shape index (κ2) is 9.68. The summed E-state index contributed by atoms with van der Waals surface area (Å²) in [6, 6.07) is 7.26. The maximum atomic E-state index is 12.3. The van der Waals surface area contributed by atoms with E-state index in [0.717, 1.165) is 21.6 Å². The maximum Gasteiger partial charge on any atom is 0.217 e. The van der Waals surface area contributed by atoms with Gasteiger partial charge in [-0.25, -0.2) is 0 Å². The highest BCUT2D eigenvalue weighted by atomic mass is 32.2. The van der Waals surface area contributed by atoms with Crippen LogP contribution in [0.5, 0.6) is 0 Å². The molecule has 0 unspecified atom stereocenters. The number of nitrogens with zero attached hydrogens (tertiary/aromatic N) is 2. The standard InChI is InChI=1S/C18H24N4O2S2/c1-11(2)9-19-17-21-22-18(26-17)25-10-16(24)15-7-5-14(6-8-15)12(3)20-13(4)23/h5-8,11-12H,9-10H2,1-4H3,(H,19,21)(H,20,23)/t12-/m1/s1. The summed E-state index contributed by atoms with van der Waals surface area (Å²) >= 11 is 2.86. The number of Topliss-reactive ketones (excluding diaryl/α,β-unsaturated/α-hetero) is 1. The van der Waals surface area contributed by atoms with Gasteiger partial charge in [-0.1, -0.05) is 61.2 Å². The lowest BCUT2D eigenvalue weighted by Gasteiger charge is -2.13. The van der Waals surface area contributed by atoms with Crippen LogP contribution in [0.2, 0.25) is 0 Å². The SMILES string of the molecule is CC(=O)N[C@H](C)c1ccc(C(=O)CSc2nnc(NCC(C)C)s2)cc1. The van der Waals surface area contributed by atoms with Gasteiger partial charge < -0.3 is 10.6 Å². The van der Waals surface area contributed by atoms with Gasteiger partial charge in [0.2, 0.25) is 11.0 Å². The van der Waals surface area contributed by atoms with E-state index in [1.54, 1.807) is 12.1 Å². The molecular formula is C18H24N4O2S2. The number of hydrogen-bond acceptors (Lipinski definition) is 7. The molecule has 140 valence electrons. The minimum Gasteiger partial charge on any atom is -0.360 e. The van der Waals surface area contributed by atoms with E-state index in [1.165, 1.54) is 30.0 Å². The first-order chi connectivity index (χ1) is 12.3. The molecule has 0 saturated heterocycles. The first-order valence-electron chi connectivity index (χ1n) is 8.45. The van der Waals surface area contributed by atoms with Crippen molar-refractivity contribution in [3.8, 4) is 0 Å². The number of rotatable bonds is 9. The Labute approximate surface area is 162 Å². The average molecular weight is 393 g/mol. The zero-order valence-corrected chi connectivity index (χ0v) is 17.0. The Morgan fingerprint density at radius 2 is 1.85 bits per heavy atom. The molecule has 0 bridgehead atoms. The Morgan fingerprint density at radius 3 is 2.46 bits per heavy atom. The van der Waals surface area contributed by atoms with Crippen LogP contribution in [0.4, 0.5) is 5.13 Å². The predicted molar refractivity (Wildman–Crippen MR) is 107 cm³/mol. The summed E-state index contributed by atoms with van der Waals surface area (Å²) < 4.78 is 0.778. The summed E-state index contributed by atoms with van der Waals surface area (Å²) in [6.45, 7) is 8.51. The summed E-state index contributed by atoms with van der Waals surface area (Å²) in [5, 5.41) is 15.0. The van der Waals surface area contributed by atoms with Crippen LogP contribution in [0.1, 0.15) is 49.7 Å². The number of carbonyl (C=O) groups is 2. The molecule has 1 aromatic heterocycles. The van der Waals surface area contributed by atoms with Gasteiger partial charge in [-0.3, -0.25) is 9.59 Å². The summed E-state index contributed by atoms with van der Waals surface area (Å²) in [5.41, 5.74) is 1.62. The summed E-state index contributed by atoms with van der Waals surface area (Å²) in [4.78, 5) is 23.5. The molecule has 0 aliphatic heterocycles. The van der Waals surface area contributed by atoms with Gasteiger partial charge in [-0.2, -0.15) is 0 Å². The Bertz CT molecular complexity index is 744. The monoisotopic (exact) mass is 392 g/mol. The molecule has 1 atom stereocenters. The Morgan fingerprint density at radius 1 is 1.15 bits per heavy atom. The second-order valence-corrected chi connectivity index (χ2v) is 8.60. The van der Waals surface area contributed by atoms with Crippen LogP contribution < -0.4 is 10.6 Å². The fourth-order valence-corrected chi connectivity index (χ4v) is 3.84. The van der Waals surface area contributed by atoms with Crippen LogP contribution in [0.3, 0.4) is 0 Å². The summed E-state index contributed by atoms with van der Waals surface area (Å²) in [5.74, 6) is 0.821. The first kappa shape index (κ1) is 20.4. The maximum absolute atomic E-state index is 12.3. The van der Waals surface area contributed by atoms with E-state index in [-0.39, 0.29) is 17.7 Å². The average Bonchev–Trinajstić information content (AvgIpc) is 3.05. The van der Waals surface area contributed by atoms with E-state index in [2.05, 4.69) is 34.7 Å². The molecule has 2 rings (SSSR count). The van der Waals surface area contributed by atoms with Crippen molar-refractivity contribution in [2.45, 2.75) is 38.1 Å². The van der Waals surface area contributed by atoms with Crippen molar-refractivity contribution in [3.05, 3.63) is 35.4 Å². The third-order valence-electron chi connectivity index (χ3n) is 3.55. The van der Waals surface area contributed by atoms with Crippen molar-refractivity contribution < 1.29 is 9.59 Å². The molecule has 2 N–H and O–H groups in total. The molecule has 0 aliphatic carbocycles. The van der Waals surface area contributed by atoms with Gasteiger partial charge in [0, 0.05) is 19.0 Å². The van der Waals surface area contributed by atoms with Crippen molar-refractivity contribution >= 4 is 39.9 Å². The van der Waals surface area contributed by atoms with Crippen LogP contribution >= 0.6 is 23.1 Å². The molecule has 26 heavy (non-hydrogen) atoms. The molecule has 0 spiro atoms. The van der Waals surface area contributed by atoms with Crippen LogP contribution in [-0.4, -0.2) is 34.2 Å². The van der Waals surface area contributed by atoms with Crippen molar-refractivity contribution in [2.75, 3.05) is 17.6 Å². The summed E-state index contributed by atoms with van der Waals surface area (Å²) in [6.07, 6.45) is 0. The highest BCUT2D eigenvalue weighted by Crippen LogP contribution is 2.26. The number of aromatic nitrogens is 2. The Balaban J connectivity index is 1.87. The molecule has 1 aromatic carbocycles. The number of amides is 1. The highest BCUT2D eigenvalue weighted by Gasteiger charge is 2.12. The molecule has 2 aromatic rings. The van der Waals surface area contributed by atoms with Gasteiger partial charge >= 0.3 is 0 Å². The van der Waals surface area contributed by atoms with E-state index in [4.69, 9.17) is 0 Å². The lowest BCUT2D eigenvalue weighted by atomic mass is 10.0. The number of hydrogen-bond donors (Lipinski definition) is 2. The van der Waals surface area contributed by atoms with Gasteiger partial charge in [0.1, 0.15) is 0 Å². The van der Waals surface area contributed by atoms with E-state index in [1.807, 2.05) is 19.1 Å². The quantitative estimate of drug-likeness (QED) is 0.499. The molecule has 1 amide bonds. The van der Waals surface area contributed by atoms with E-state index in [9.17, 15) is 9.59 Å². The summed E-state index contributed by atoms with van der Waals surface area (Å²) in [7, 11) is 0. The van der Waals surface area contributed by atoms with Crippen LogP contribution in [-0.2, 0) is 4.79 Å². The molecule has 1 heterocycles. The Kier molecular flexibility index (Phi) is 7.59. The topological polar surface area (TPSA) is 84.0 Å². The van der Waals surface area contributed by atoms with Crippen LogP contribution in [0.25, 0.3) is 0 Å². The van der Waals surface area contributed by atoms with Gasteiger partial charge in [-0.05, 0) is 18.4 Å². The van der Waals surface area contributed by atoms with Crippen molar-refractivity contribution in [1.82, 2.24) is 15.5 Å². The van der Waals surface area contributed by atoms with Crippen LogP contribution in [0.15, 0.2) is 28.6 Å². The number of benzene rings is 1. The van der Waals surface area contributed by atoms with Gasteiger partial charge in [0.25, 0.3) is 0 Å². The van der Waals surface area contributed by atoms with Gasteiger partial charge in [0.05, 0.1) is 11.8 Å². The van der Waals surface area contributed by atoms with E-state index >= 15 is 0 Å².